The highest BCUT2D eigenvalue weighted by Crippen LogP contribution is 2.27. The first-order chi connectivity index (χ1) is 9.72. The maximum Gasteiger partial charge on any atom is 0.265 e. The van der Waals surface area contributed by atoms with Crippen molar-refractivity contribution in [3.05, 3.63) is 53.5 Å². The number of hydrogen-bond donors (Lipinski definition) is 1. The fourth-order valence-corrected chi connectivity index (χ4v) is 2.66. The Kier molecular flexibility index (Phi) is 3.14. The van der Waals surface area contributed by atoms with E-state index in [2.05, 4.69) is 30.1 Å². The summed E-state index contributed by atoms with van der Waals surface area (Å²) >= 11 is 0. The van der Waals surface area contributed by atoms with Gasteiger partial charge in [-0.15, -0.1) is 0 Å². The predicted octanol–water partition coefficient (Wildman–Crippen LogP) is 2.73. The van der Waals surface area contributed by atoms with Crippen LogP contribution in [0.25, 0.3) is 11.2 Å². The largest absolute Gasteiger partial charge is 0.364 e. The summed E-state index contributed by atoms with van der Waals surface area (Å²) in [6.07, 6.45) is 9.34. The molecular formula is C16H17N3O. The zero-order valence-corrected chi connectivity index (χ0v) is 11.5. The fourth-order valence-electron chi connectivity index (χ4n) is 2.66. The average Bonchev–Trinajstić information content (AvgIpc) is 2.86. The molecule has 0 radical (unpaired) electrons. The second kappa shape index (κ2) is 4.96. The molecule has 0 saturated heterocycles. The molecule has 0 spiro atoms. The number of fused-ring (bicyclic) bond motifs is 1. The van der Waals surface area contributed by atoms with E-state index in [-0.39, 0.29) is 0 Å². The molecule has 2 heterocycles. The minimum absolute atomic E-state index is 0.433. The first-order valence-corrected chi connectivity index (χ1v) is 6.89. The van der Waals surface area contributed by atoms with Gasteiger partial charge in [-0.3, -0.25) is 9.20 Å². The van der Waals surface area contributed by atoms with Gasteiger partial charge in [0.05, 0.1) is 11.4 Å². The normalized spacial score (nSPS) is 14.6. The number of pyridine rings is 1. The molecular weight excluding hydrogens is 250 g/mol. The van der Waals surface area contributed by atoms with Crippen molar-refractivity contribution < 1.29 is 4.79 Å². The van der Waals surface area contributed by atoms with Crippen LogP contribution >= 0.6 is 0 Å². The fraction of sp³-hybridized carbons (Fsp3) is 0.250. The summed E-state index contributed by atoms with van der Waals surface area (Å²) in [6, 6.07) is 5.46. The third kappa shape index (κ3) is 1.93. The Balaban J connectivity index is 2.35. The third-order valence-corrected chi connectivity index (χ3v) is 3.57. The Morgan fingerprint density at radius 1 is 1.40 bits per heavy atom. The number of rotatable bonds is 3. The highest BCUT2D eigenvalue weighted by Gasteiger charge is 2.18. The Morgan fingerprint density at radius 3 is 2.90 bits per heavy atom. The summed E-state index contributed by atoms with van der Waals surface area (Å²) in [4.78, 5) is 16.3. The van der Waals surface area contributed by atoms with Crippen LogP contribution in [0.5, 0.6) is 0 Å². The van der Waals surface area contributed by atoms with E-state index < -0.39 is 5.91 Å². The van der Waals surface area contributed by atoms with E-state index in [1.54, 1.807) is 6.07 Å². The predicted molar refractivity (Wildman–Crippen MR) is 79.4 cm³/mol. The van der Waals surface area contributed by atoms with Crippen LogP contribution in [0, 0.1) is 0 Å². The van der Waals surface area contributed by atoms with Gasteiger partial charge in [-0.25, -0.2) is 4.98 Å². The van der Waals surface area contributed by atoms with E-state index in [1.807, 2.05) is 16.5 Å². The average molecular weight is 267 g/mol. The molecule has 2 N–H and O–H groups in total. The smallest absolute Gasteiger partial charge is 0.265 e. The van der Waals surface area contributed by atoms with Crippen molar-refractivity contribution in [2.45, 2.75) is 26.2 Å². The number of carbonyl (C=O) groups is 1. The van der Waals surface area contributed by atoms with Gasteiger partial charge in [0.2, 0.25) is 0 Å². The number of allylic oxidation sites excluding steroid dienone is 4. The number of aromatic nitrogens is 2. The molecule has 102 valence electrons. The lowest BCUT2D eigenvalue weighted by Gasteiger charge is -2.11. The molecule has 1 aliphatic carbocycles. The van der Waals surface area contributed by atoms with Crippen LogP contribution in [0.3, 0.4) is 0 Å². The molecule has 0 bridgehead atoms. The van der Waals surface area contributed by atoms with E-state index in [0.717, 1.165) is 41.9 Å². The number of primary amides is 1. The highest BCUT2D eigenvalue weighted by molar-refractivity contribution is 5.93. The van der Waals surface area contributed by atoms with Crippen molar-refractivity contribution in [2.75, 3.05) is 0 Å². The van der Waals surface area contributed by atoms with Crippen molar-refractivity contribution in [1.82, 2.24) is 9.38 Å². The van der Waals surface area contributed by atoms with Crippen LogP contribution in [-0.2, 0) is 6.42 Å². The number of amides is 1. The quantitative estimate of drug-likeness (QED) is 0.929. The van der Waals surface area contributed by atoms with Crippen LogP contribution < -0.4 is 5.73 Å². The third-order valence-electron chi connectivity index (χ3n) is 3.57. The Labute approximate surface area is 117 Å². The molecule has 0 atom stereocenters. The number of carbonyl (C=O) groups excluding carboxylic acids is 1. The summed E-state index contributed by atoms with van der Waals surface area (Å²) in [7, 11) is 0. The van der Waals surface area contributed by atoms with Crippen LogP contribution in [0.2, 0.25) is 0 Å². The number of aryl methyl sites for hydroxylation is 1. The van der Waals surface area contributed by atoms with Gasteiger partial charge in [0, 0.05) is 0 Å². The molecule has 1 aliphatic rings. The molecule has 0 unspecified atom stereocenters. The topological polar surface area (TPSA) is 60.4 Å². The maximum absolute atomic E-state index is 11.7. The lowest BCUT2D eigenvalue weighted by atomic mass is 10.0. The number of nitrogens with zero attached hydrogens (tertiary/aromatic N) is 2. The first kappa shape index (κ1) is 12.7. The molecule has 0 aliphatic heterocycles. The maximum atomic E-state index is 11.7. The van der Waals surface area contributed by atoms with Gasteiger partial charge in [-0.05, 0) is 37.0 Å². The van der Waals surface area contributed by atoms with E-state index in [9.17, 15) is 4.79 Å². The van der Waals surface area contributed by atoms with Gasteiger partial charge in [-0.2, -0.15) is 0 Å². The standard InChI is InChI=1S/C16H17N3O/c1-2-12-15(11-7-4-3-5-8-11)19-13(16(17)20)9-6-10-14(19)18-12/h4,6-10H,2-3,5H2,1H3,(H2,17,20). The molecule has 2 aromatic rings. The minimum Gasteiger partial charge on any atom is -0.364 e. The number of imidazole rings is 1. The molecule has 0 fully saturated rings. The molecule has 20 heavy (non-hydrogen) atoms. The Morgan fingerprint density at radius 2 is 2.25 bits per heavy atom. The molecule has 0 saturated carbocycles. The molecule has 4 heteroatoms. The molecule has 0 aromatic carbocycles. The highest BCUT2D eigenvalue weighted by atomic mass is 16.1. The van der Waals surface area contributed by atoms with Gasteiger partial charge < -0.3 is 5.73 Å². The summed E-state index contributed by atoms with van der Waals surface area (Å²) in [5.74, 6) is -0.433. The number of hydrogen-bond acceptors (Lipinski definition) is 2. The minimum atomic E-state index is -0.433. The van der Waals surface area contributed by atoms with Gasteiger partial charge in [0.1, 0.15) is 11.3 Å². The molecule has 1 amide bonds. The van der Waals surface area contributed by atoms with Crippen molar-refractivity contribution in [3.8, 4) is 0 Å². The lowest BCUT2D eigenvalue weighted by Crippen LogP contribution is -2.16. The summed E-state index contributed by atoms with van der Waals surface area (Å²) < 4.78 is 1.88. The van der Waals surface area contributed by atoms with Crippen molar-refractivity contribution in [1.29, 1.82) is 0 Å². The summed E-state index contributed by atoms with van der Waals surface area (Å²) in [5, 5.41) is 0. The van der Waals surface area contributed by atoms with Crippen molar-refractivity contribution >= 4 is 17.1 Å². The zero-order chi connectivity index (χ0) is 14.1. The Bertz CT molecular complexity index is 738. The lowest BCUT2D eigenvalue weighted by molar-refractivity contribution is 0.0994. The number of nitrogens with two attached hydrogens (primary N) is 1. The molecule has 4 nitrogen and oxygen atoms in total. The van der Waals surface area contributed by atoms with Gasteiger partial charge in [0.15, 0.2) is 0 Å². The van der Waals surface area contributed by atoms with Crippen LogP contribution in [-0.4, -0.2) is 15.3 Å². The van der Waals surface area contributed by atoms with Crippen LogP contribution in [0.1, 0.15) is 41.6 Å². The molecule has 3 rings (SSSR count). The summed E-state index contributed by atoms with van der Waals surface area (Å²) in [5.41, 5.74) is 9.86. The second-order valence-corrected chi connectivity index (χ2v) is 4.87. The monoisotopic (exact) mass is 267 g/mol. The van der Waals surface area contributed by atoms with Crippen LogP contribution in [0.4, 0.5) is 0 Å². The summed E-state index contributed by atoms with van der Waals surface area (Å²) in [6.45, 7) is 2.07. The van der Waals surface area contributed by atoms with Gasteiger partial charge in [0.25, 0.3) is 5.91 Å². The van der Waals surface area contributed by atoms with Crippen molar-refractivity contribution in [3.63, 3.8) is 0 Å². The second-order valence-electron chi connectivity index (χ2n) is 4.87. The molecule has 2 aromatic heterocycles. The van der Waals surface area contributed by atoms with E-state index >= 15 is 0 Å². The Hall–Kier alpha value is -2.36. The van der Waals surface area contributed by atoms with Gasteiger partial charge in [-0.1, -0.05) is 31.2 Å². The van der Waals surface area contributed by atoms with Gasteiger partial charge >= 0.3 is 0 Å². The van der Waals surface area contributed by atoms with E-state index in [4.69, 9.17) is 5.73 Å². The zero-order valence-electron chi connectivity index (χ0n) is 11.5. The van der Waals surface area contributed by atoms with E-state index in [0.29, 0.717) is 5.69 Å². The van der Waals surface area contributed by atoms with E-state index in [1.165, 1.54) is 0 Å². The van der Waals surface area contributed by atoms with Crippen LogP contribution in [0.15, 0.2) is 36.4 Å². The van der Waals surface area contributed by atoms with Crippen molar-refractivity contribution in [2.24, 2.45) is 5.73 Å². The SMILES string of the molecule is CCc1nc2cccc(C(N)=O)n2c1C1=CCCC=C1. The first-order valence-electron chi connectivity index (χ1n) is 6.89.